The van der Waals surface area contributed by atoms with E-state index >= 15 is 0 Å². The van der Waals surface area contributed by atoms with Crippen molar-refractivity contribution < 1.29 is 9.53 Å². The van der Waals surface area contributed by atoms with Gasteiger partial charge < -0.3 is 16.2 Å². The molecule has 0 atom stereocenters. The Kier molecular flexibility index (Phi) is 6.92. The van der Waals surface area contributed by atoms with E-state index in [0.717, 1.165) is 30.8 Å². The fourth-order valence-corrected chi connectivity index (χ4v) is 1.85. The molecule has 0 unspecified atom stereocenters. The number of carbonyl (C=O) groups excluding carboxylic acids is 1. The summed E-state index contributed by atoms with van der Waals surface area (Å²) in [5.74, 6) is 0.541. The molecule has 0 aliphatic heterocycles. The topological polar surface area (TPSA) is 81.6 Å². The summed E-state index contributed by atoms with van der Waals surface area (Å²) in [5.41, 5.74) is 11.8. The molecule has 1 amide bonds. The number of nitrogens with two attached hydrogens (primary N) is 2. The van der Waals surface area contributed by atoms with Crippen LogP contribution in [0.1, 0.15) is 18.9 Å². The molecule has 1 aromatic carbocycles. The van der Waals surface area contributed by atoms with Crippen molar-refractivity contribution in [1.29, 1.82) is 0 Å². The Bertz CT molecular complexity index is 396. The second kappa shape index (κ2) is 8.50. The van der Waals surface area contributed by atoms with Crippen molar-refractivity contribution in [3.63, 3.8) is 0 Å². The molecule has 0 bridgehead atoms. The van der Waals surface area contributed by atoms with E-state index in [4.69, 9.17) is 16.2 Å². The summed E-state index contributed by atoms with van der Waals surface area (Å²) in [6.07, 6.45) is 0.847. The minimum absolute atomic E-state index is 0.295. The molecular formula is C14H23N3O2. The van der Waals surface area contributed by atoms with Crippen molar-refractivity contribution in [2.45, 2.75) is 19.9 Å². The van der Waals surface area contributed by atoms with Crippen molar-refractivity contribution in [2.24, 2.45) is 11.5 Å². The quantitative estimate of drug-likeness (QED) is 0.645. The molecule has 0 saturated heterocycles. The molecule has 0 saturated carbocycles. The van der Waals surface area contributed by atoms with Gasteiger partial charge in [-0.1, -0.05) is 25.1 Å². The third kappa shape index (κ3) is 5.72. The number of rotatable bonds is 9. The normalized spacial score (nSPS) is 10.7. The molecule has 0 spiro atoms. The summed E-state index contributed by atoms with van der Waals surface area (Å²) in [6, 6.07) is 7.75. The van der Waals surface area contributed by atoms with E-state index in [0.29, 0.717) is 19.7 Å². The van der Waals surface area contributed by atoms with Gasteiger partial charge in [0.25, 0.3) is 0 Å². The van der Waals surface area contributed by atoms with E-state index in [9.17, 15) is 4.79 Å². The van der Waals surface area contributed by atoms with Gasteiger partial charge in [0.1, 0.15) is 5.75 Å². The van der Waals surface area contributed by atoms with Crippen LogP contribution in [-0.4, -0.2) is 37.0 Å². The van der Waals surface area contributed by atoms with Crippen LogP contribution in [-0.2, 0) is 11.3 Å². The maximum absolute atomic E-state index is 10.8. The Balaban J connectivity index is 2.31. The standard InChI is InChI=1S/C14H23N3O2/c1-2-17(11-14(16)18)8-5-9-19-13-7-4-3-6-12(13)10-15/h3-4,6-7H,2,5,8-11,15H2,1H3,(H2,16,18). The van der Waals surface area contributed by atoms with Crippen molar-refractivity contribution in [2.75, 3.05) is 26.2 Å². The Morgan fingerprint density at radius 1 is 1.37 bits per heavy atom. The zero-order chi connectivity index (χ0) is 14.1. The van der Waals surface area contributed by atoms with E-state index in [1.54, 1.807) is 0 Å². The van der Waals surface area contributed by atoms with Crippen LogP contribution < -0.4 is 16.2 Å². The fourth-order valence-electron chi connectivity index (χ4n) is 1.85. The van der Waals surface area contributed by atoms with Crippen molar-refractivity contribution in [3.8, 4) is 5.75 Å². The lowest BCUT2D eigenvalue weighted by Gasteiger charge is -2.18. The van der Waals surface area contributed by atoms with Crippen molar-refractivity contribution in [3.05, 3.63) is 29.8 Å². The number of amides is 1. The summed E-state index contributed by atoms with van der Waals surface area (Å²) in [4.78, 5) is 12.8. The van der Waals surface area contributed by atoms with Crippen LogP contribution in [0.25, 0.3) is 0 Å². The SMILES string of the molecule is CCN(CCCOc1ccccc1CN)CC(N)=O. The van der Waals surface area contributed by atoms with Crippen LogP contribution in [0, 0.1) is 0 Å². The average molecular weight is 265 g/mol. The second-order valence-electron chi connectivity index (χ2n) is 4.35. The molecule has 0 heterocycles. The van der Waals surface area contributed by atoms with Crippen LogP contribution in [0.3, 0.4) is 0 Å². The number of carbonyl (C=O) groups is 1. The van der Waals surface area contributed by atoms with E-state index < -0.39 is 0 Å². The molecule has 5 nitrogen and oxygen atoms in total. The first-order valence-corrected chi connectivity index (χ1v) is 6.58. The number of nitrogens with zero attached hydrogens (tertiary/aromatic N) is 1. The molecule has 106 valence electrons. The first-order valence-electron chi connectivity index (χ1n) is 6.58. The molecule has 4 N–H and O–H groups in total. The van der Waals surface area contributed by atoms with E-state index in [1.807, 2.05) is 36.1 Å². The molecule has 0 fully saturated rings. The predicted octanol–water partition coefficient (Wildman–Crippen LogP) is 0.721. The van der Waals surface area contributed by atoms with Gasteiger partial charge in [-0.25, -0.2) is 0 Å². The first-order chi connectivity index (χ1) is 9.17. The molecule has 19 heavy (non-hydrogen) atoms. The predicted molar refractivity (Wildman–Crippen MR) is 75.8 cm³/mol. The number of likely N-dealkylation sites (N-methyl/N-ethyl adjacent to an activating group) is 1. The molecule has 0 aromatic heterocycles. The van der Waals surface area contributed by atoms with Gasteiger partial charge in [0.05, 0.1) is 13.2 Å². The monoisotopic (exact) mass is 265 g/mol. The molecule has 1 aromatic rings. The third-order valence-corrected chi connectivity index (χ3v) is 2.90. The molecule has 1 rings (SSSR count). The highest BCUT2D eigenvalue weighted by Crippen LogP contribution is 2.17. The highest BCUT2D eigenvalue weighted by atomic mass is 16.5. The summed E-state index contributed by atoms with van der Waals surface area (Å²) in [5, 5.41) is 0. The number of hydrogen-bond acceptors (Lipinski definition) is 4. The van der Waals surface area contributed by atoms with E-state index in [1.165, 1.54) is 0 Å². The van der Waals surface area contributed by atoms with Gasteiger partial charge in [0, 0.05) is 18.7 Å². The summed E-state index contributed by atoms with van der Waals surface area (Å²) in [7, 11) is 0. The number of hydrogen-bond donors (Lipinski definition) is 2. The van der Waals surface area contributed by atoms with Crippen LogP contribution in [0.15, 0.2) is 24.3 Å². The van der Waals surface area contributed by atoms with Gasteiger partial charge in [-0.3, -0.25) is 9.69 Å². The summed E-state index contributed by atoms with van der Waals surface area (Å²) in [6.45, 7) is 4.99. The lowest BCUT2D eigenvalue weighted by atomic mass is 10.2. The Morgan fingerprint density at radius 2 is 2.11 bits per heavy atom. The van der Waals surface area contributed by atoms with Gasteiger partial charge >= 0.3 is 0 Å². The highest BCUT2D eigenvalue weighted by Gasteiger charge is 2.06. The minimum Gasteiger partial charge on any atom is -0.493 e. The Hall–Kier alpha value is -1.59. The second-order valence-corrected chi connectivity index (χ2v) is 4.35. The molecule has 5 heteroatoms. The zero-order valence-electron chi connectivity index (χ0n) is 11.5. The largest absolute Gasteiger partial charge is 0.493 e. The van der Waals surface area contributed by atoms with Crippen molar-refractivity contribution in [1.82, 2.24) is 4.90 Å². The lowest BCUT2D eigenvalue weighted by Crippen LogP contribution is -2.34. The zero-order valence-corrected chi connectivity index (χ0v) is 11.5. The maximum Gasteiger partial charge on any atom is 0.231 e. The van der Waals surface area contributed by atoms with Crippen LogP contribution >= 0.6 is 0 Å². The summed E-state index contributed by atoms with van der Waals surface area (Å²) < 4.78 is 5.71. The molecule has 0 aliphatic carbocycles. The molecular weight excluding hydrogens is 242 g/mol. The average Bonchev–Trinajstić information content (AvgIpc) is 2.42. The van der Waals surface area contributed by atoms with Gasteiger partial charge in [-0.05, 0) is 19.0 Å². The van der Waals surface area contributed by atoms with Crippen molar-refractivity contribution >= 4 is 5.91 Å². The number of ether oxygens (including phenoxy) is 1. The summed E-state index contributed by atoms with van der Waals surface area (Å²) >= 11 is 0. The van der Waals surface area contributed by atoms with Gasteiger partial charge in [-0.15, -0.1) is 0 Å². The van der Waals surface area contributed by atoms with Gasteiger partial charge in [-0.2, -0.15) is 0 Å². The van der Waals surface area contributed by atoms with Crippen LogP contribution in [0.4, 0.5) is 0 Å². The van der Waals surface area contributed by atoms with E-state index in [2.05, 4.69) is 0 Å². The highest BCUT2D eigenvalue weighted by molar-refractivity contribution is 5.75. The van der Waals surface area contributed by atoms with E-state index in [-0.39, 0.29) is 5.91 Å². The Morgan fingerprint density at radius 3 is 2.74 bits per heavy atom. The van der Waals surface area contributed by atoms with Gasteiger partial charge in [0.2, 0.25) is 5.91 Å². The first kappa shape index (κ1) is 15.5. The smallest absolute Gasteiger partial charge is 0.231 e. The molecule has 0 aliphatic rings. The minimum atomic E-state index is -0.295. The van der Waals surface area contributed by atoms with Gasteiger partial charge in [0.15, 0.2) is 0 Å². The number of primary amides is 1. The molecule has 0 radical (unpaired) electrons. The Labute approximate surface area is 114 Å². The maximum atomic E-state index is 10.8. The fraction of sp³-hybridized carbons (Fsp3) is 0.500. The van der Waals surface area contributed by atoms with Crippen LogP contribution in [0.5, 0.6) is 5.75 Å². The number of benzene rings is 1. The number of para-hydroxylation sites is 1. The van der Waals surface area contributed by atoms with Crippen LogP contribution in [0.2, 0.25) is 0 Å². The third-order valence-electron chi connectivity index (χ3n) is 2.90. The lowest BCUT2D eigenvalue weighted by molar-refractivity contribution is -0.119.